The number of hydrogen-bond donors (Lipinski definition) is 0. The molecule has 0 radical (unpaired) electrons. The number of sulfonamides is 1. The zero-order valence-electron chi connectivity index (χ0n) is 10.1. The molecule has 1 aliphatic heterocycles. The van der Waals surface area contributed by atoms with Crippen molar-refractivity contribution in [1.82, 2.24) is 4.31 Å². The zero-order valence-corrected chi connectivity index (χ0v) is 11.7. The van der Waals surface area contributed by atoms with E-state index < -0.39 is 21.7 Å². The van der Waals surface area contributed by atoms with Crippen molar-refractivity contribution in [2.45, 2.75) is 9.93 Å². The topological polar surface area (TPSA) is 80.8 Å². The SMILES string of the molecule is O=C1C=CC2(C=C1)OCC(=O)N2S(=O)(=O)c1cccs1. The van der Waals surface area contributed by atoms with E-state index in [1.54, 1.807) is 11.4 Å². The van der Waals surface area contributed by atoms with Crippen LogP contribution in [0.3, 0.4) is 0 Å². The Morgan fingerprint density at radius 3 is 2.55 bits per heavy atom. The lowest BCUT2D eigenvalue weighted by atomic mass is 10.1. The third-order valence-corrected chi connectivity index (χ3v) is 6.13. The lowest BCUT2D eigenvalue weighted by molar-refractivity contribution is -0.124. The second-order valence-electron chi connectivity index (χ2n) is 4.20. The Labute approximate surface area is 119 Å². The minimum atomic E-state index is -4.01. The number of thiophene rings is 1. The van der Waals surface area contributed by atoms with Crippen LogP contribution in [0.2, 0.25) is 0 Å². The predicted molar refractivity (Wildman–Crippen MR) is 70.3 cm³/mol. The van der Waals surface area contributed by atoms with Gasteiger partial charge in [0.1, 0.15) is 10.8 Å². The fourth-order valence-corrected chi connectivity index (χ4v) is 4.68. The number of carbonyl (C=O) groups is 2. The Morgan fingerprint density at radius 2 is 1.95 bits per heavy atom. The average Bonchev–Trinajstić information content (AvgIpc) is 3.03. The molecule has 0 unspecified atom stereocenters. The monoisotopic (exact) mass is 311 g/mol. The van der Waals surface area contributed by atoms with Crippen LogP contribution in [0.4, 0.5) is 0 Å². The molecule has 1 aromatic rings. The molecule has 8 heteroatoms. The molecule has 0 N–H and O–H groups in total. The van der Waals surface area contributed by atoms with E-state index in [-0.39, 0.29) is 16.6 Å². The van der Waals surface area contributed by atoms with Gasteiger partial charge in [-0.3, -0.25) is 9.59 Å². The van der Waals surface area contributed by atoms with E-state index >= 15 is 0 Å². The fraction of sp³-hybridized carbons (Fsp3) is 0.167. The molecule has 20 heavy (non-hydrogen) atoms. The molecule has 1 aromatic heterocycles. The normalized spacial score (nSPS) is 21.1. The first-order valence-corrected chi connectivity index (χ1v) is 7.96. The highest BCUT2D eigenvalue weighted by molar-refractivity contribution is 7.91. The van der Waals surface area contributed by atoms with Gasteiger partial charge in [-0.05, 0) is 35.8 Å². The van der Waals surface area contributed by atoms with Crippen LogP contribution in [-0.2, 0) is 24.3 Å². The van der Waals surface area contributed by atoms with Crippen LogP contribution in [0.15, 0.2) is 46.0 Å². The van der Waals surface area contributed by atoms with Crippen LogP contribution in [0.5, 0.6) is 0 Å². The van der Waals surface area contributed by atoms with E-state index in [1.807, 2.05) is 0 Å². The first-order valence-electron chi connectivity index (χ1n) is 5.64. The Kier molecular flexibility index (Phi) is 2.89. The molecule has 1 spiro atoms. The van der Waals surface area contributed by atoms with Crippen molar-refractivity contribution < 1.29 is 22.7 Å². The van der Waals surface area contributed by atoms with Gasteiger partial charge in [0.05, 0.1) is 0 Å². The van der Waals surface area contributed by atoms with E-state index in [9.17, 15) is 18.0 Å². The number of ether oxygens (including phenoxy) is 1. The van der Waals surface area contributed by atoms with Gasteiger partial charge >= 0.3 is 0 Å². The largest absolute Gasteiger partial charge is 0.337 e. The Bertz CT molecular complexity index is 714. The Hall–Kier alpha value is -1.77. The highest BCUT2D eigenvalue weighted by Gasteiger charge is 2.51. The lowest BCUT2D eigenvalue weighted by Crippen LogP contribution is -2.48. The van der Waals surface area contributed by atoms with Gasteiger partial charge in [0, 0.05) is 0 Å². The molecule has 6 nitrogen and oxygen atoms in total. The smallest absolute Gasteiger partial charge is 0.278 e. The maximum Gasteiger partial charge on any atom is 0.278 e. The summed E-state index contributed by atoms with van der Waals surface area (Å²) < 4.78 is 31.1. The number of amides is 1. The van der Waals surface area contributed by atoms with E-state index in [1.165, 1.54) is 30.4 Å². The number of nitrogens with zero attached hydrogens (tertiary/aromatic N) is 1. The summed E-state index contributed by atoms with van der Waals surface area (Å²) in [7, 11) is -4.01. The van der Waals surface area contributed by atoms with Crippen molar-refractivity contribution in [3.8, 4) is 0 Å². The van der Waals surface area contributed by atoms with Gasteiger partial charge in [-0.25, -0.2) is 0 Å². The molecular formula is C12H9NO5S2. The summed E-state index contributed by atoms with van der Waals surface area (Å²) in [5.74, 6) is -0.950. The molecule has 1 aliphatic carbocycles. The average molecular weight is 311 g/mol. The molecular weight excluding hydrogens is 302 g/mol. The van der Waals surface area contributed by atoms with Crippen molar-refractivity contribution in [2.24, 2.45) is 0 Å². The van der Waals surface area contributed by atoms with E-state index in [0.29, 0.717) is 4.31 Å². The maximum atomic E-state index is 12.5. The molecule has 2 heterocycles. The van der Waals surface area contributed by atoms with Crippen molar-refractivity contribution in [3.05, 3.63) is 41.8 Å². The molecule has 2 aliphatic rings. The van der Waals surface area contributed by atoms with Gasteiger partial charge in [0.2, 0.25) is 0 Å². The van der Waals surface area contributed by atoms with Gasteiger partial charge in [-0.15, -0.1) is 11.3 Å². The Balaban J connectivity index is 2.11. The standard InChI is InChI=1S/C12H9NO5S2/c14-9-3-5-12(6-4-9)13(10(15)8-18-12)20(16,17)11-2-1-7-19-11/h1-7H,8H2. The van der Waals surface area contributed by atoms with E-state index in [2.05, 4.69) is 0 Å². The van der Waals surface area contributed by atoms with Crippen LogP contribution in [0.25, 0.3) is 0 Å². The fourth-order valence-electron chi connectivity index (χ4n) is 2.06. The third-order valence-electron chi connectivity index (χ3n) is 2.93. The molecule has 3 rings (SSSR count). The van der Waals surface area contributed by atoms with Crippen LogP contribution >= 0.6 is 11.3 Å². The van der Waals surface area contributed by atoms with Gasteiger partial charge in [-0.1, -0.05) is 6.07 Å². The summed E-state index contributed by atoms with van der Waals surface area (Å²) in [6.45, 7) is -0.354. The van der Waals surface area contributed by atoms with Crippen molar-refractivity contribution in [1.29, 1.82) is 0 Å². The van der Waals surface area contributed by atoms with Crippen LogP contribution in [-0.4, -0.2) is 36.7 Å². The summed E-state index contributed by atoms with van der Waals surface area (Å²) in [4.78, 5) is 23.1. The van der Waals surface area contributed by atoms with Gasteiger partial charge < -0.3 is 4.74 Å². The number of rotatable bonds is 2. The molecule has 1 fully saturated rings. The molecule has 0 atom stereocenters. The van der Waals surface area contributed by atoms with Crippen LogP contribution in [0, 0.1) is 0 Å². The highest BCUT2D eigenvalue weighted by atomic mass is 32.2. The quantitative estimate of drug-likeness (QED) is 0.802. The maximum absolute atomic E-state index is 12.5. The first-order chi connectivity index (χ1) is 9.46. The predicted octanol–water partition coefficient (Wildman–Crippen LogP) is 0.687. The second-order valence-corrected chi connectivity index (χ2v) is 7.17. The summed E-state index contributed by atoms with van der Waals surface area (Å²) in [6, 6.07) is 3.00. The summed E-state index contributed by atoms with van der Waals surface area (Å²) in [6.07, 6.45) is 4.95. The molecule has 1 saturated heterocycles. The van der Waals surface area contributed by atoms with Gasteiger partial charge in [0.15, 0.2) is 11.5 Å². The van der Waals surface area contributed by atoms with E-state index in [0.717, 1.165) is 11.3 Å². The second kappa shape index (κ2) is 4.37. The molecule has 104 valence electrons. The number of hydrogen-bond acceptors (Lipinski definition) is 6. The summed E-state index contributed by atoms with van der Waals surface area (Å²) >= 11 is 1.01. The van der Waals surface area contributed by atoms with Crippen molar-refractivity contribution in [3.63, 3.8) is 0 Å². The zero-order chi connectivity index (χ0) is 14.4. The number of carbonyl (C=O) groups excluding carboxylic acids is 2. The summed E-state index contributed by atoms with van der Waals surface area (Å²) in [5, 5.41) is 1.61. The van der Waals surface area contributed by atoms with Gasteiger partial charge in [0.25, 0.3) is 15.9 Å². The highest BCUT2D eigenvalue weighted by Crippen LogP contribution is 2.36. The Morgan fingerprint density at radius 1 is 1.25 bits per heavy atom. The summed E-state index contributed by atoms with van der Waals surface area (Å²) in [5.41, 5.74) is -1.53. The van der Waals surface area contributed by atoms with Crippen LogP contribution in [0.1, 0.15) is 0 Å². The minimum Gasteiger partial charge on any atom is -0.337 e. The third kappa shape index (κ3) is 1.84. The molecule has 1 amide bonds. The number of allylic oxidation sites excluding steroid dienone is 2. The molecule has 0 bridgehead atoms. The van der Waals surface area contributed by atoms with E-state index in [4.69, 9.17) is 4.74 Å². The van der Waals surface area contributed by atoms with Gasteiger partial charge in [-0.2, -0.15) is 12.7 Å². The number of ketones is 1. The molecule has 0 saturated carbocycles. The van der Waals surface area contributed by atoms with Crippen LogP contribution < -0.4 is 0 Å². The lowest BCUT2D eigenvalue weighted by Gasteiger charge is -2.31. The minimum absolute atomic E-state index is 0.0504. The molecule has 0 aromatic carbocycles. The van der Waals surface area contributed by atoms with Crippen molar-refractivity contribution in [2.75, 3.05) is 6.61 Å². The first kappa shape index (κ1) is 13.2. The van der Waals surface area contributed by atoms with Crippen molar-refractivity contribution >= 4 is 33.1 Å².